The largest absolute Gasteiger partial charge is 0.374 e. The quantitative estimate of drug-likeness (QED) is 0.444. The molecule has 8 heteroatoms. The van der Waals surface area contributed by atoms with Gasteiger partial charge in [0.15, 0.2) is 0 Å². The minimum atomic E-state index is -4.90. The van der Waals surface area contributed by atoms with E-state index in [2.05, 4.69) is 4.40 Å². The van der Waals surface area contributed by atoms with Crippen LogP contribution in [0.2, 0.25) is 0 Å². The number of aryl methyl sites for hydroxylation is 1. The molecule has 0 aliphatic rings. The van der Waals surface area contributed by atoms with Crippen molar-refractivity contribution in [2.45, 2.75) is 11.8 Å². The summed E-state index contributed by atoms with van der Waals surface area (Å²) in [7, 11) is -9.58. The second-order valence-corrected chi connectivity index (χ2v) is 7.88. The molecular formula is C8H7NO5S2. The fourth-order valence-corrected chi connectivity index (χ4v) is 3.27. The van der Waals surface area contributed by atoms with Crippen LogP contribution in [-0.2, 0) is 22.7 Å². The average Bonchev–Trinajstić information content (AvgIpc) is 2.18. The third-order valence-corrected chi connectivity index (χ3v) is 5.90. The molecule has 0 unspecified atom stereocenters. The summed E-state index contributed by atoms with van der Waals surface area (Å²) in [6.45, 7) is 1.72. The number of nitrogens with zero attached hydrogens (tertiary/aromatic N) is 1. The third-order valence-electron chi connectivity index (χ3n) is 1.74. The predicted octanol–water partition coefficient (Wildman–Crippen LogP) is 0.349. The van der Waals surface area contributed by atoms with Crippen LogP contribution in [0.5, 0.6) is 0 Å². The zero-order valence-corrected chi connectivity index (χ0v) is 9.75. The number of rotatable bonds is 3. The third kappa shape index (κ3) is 2.19. The van der Waals surface area contributed by atoms with E-state index in [1.807, 2.05) is 0 Å². The van der Waals surface area contributed by atoms with Crippen LogP contribution in [0.25, 0.3) is 0 Å². The predicted molar refractivity (Wildman–Crippen MR) is 55.4 cm³/mol. The van der Waals surface area contributed by atoms with E-state index >= 15 is 0 Å². The van der Waals surface area contributed by atoms with Crippen LogP contribution in [0.3, 0.4) is 0 Å². The summed E-state index contributed by atoms with van der Waals surface area (Å²) in [5.41, 5.74) is 0.773. The summed E-state index contributed by atoms with van der Waals surface area (Å²) in [4.78, 5) is 9.38. The number of hydrogen-bond acceptors (Lipinski definition) is 5. The molecule has 0 atom stereocenters. The van der Waals surface area contributed by atoms with Crippen molar-refractivity contribution in [3.05, 3.63) is 29.8 Å². The lowest BCUT2D eigenvalue weighted by Crippen LogP contribution is -2.12. The Labute approximate surface area is 92.0 Å². The monoisotopic (exact) mass is 261 g/mol. The molecule has 0 fully saturated rings. The standard InChI is InChI=1S/C8H7NO5S2/c1-7-2-4-8(5-3-7)15(11,12)16(13,14)9-6-10/h2-5H,1H3. The Morgan fingerprint density at radius 2 is 1.56 bits per heavy atom. The van der Waals surface area contributed by atoms with Gasteiger partial charge in [0.2, 0.25) is 0 Å². The van der Waals surface area contributed by atoms with Crippen LogP contribution in [0.4, 0.5) is 0 Å². The summed E-state index contributed by atoms with van der Waals surface area (Å²) in [6.07, 6.45) is 0.703. The zero-order chi connectivity index (χ0) is 12.4. The number of benzene rings is 1. The Balaban J connectivity index is 3.45. The first kappa shape index (κ1) is 12.6. The van der Waals surface area contributed by atoms with Crippen molar-refractivity contribution in [2.24, 2.45) is 4.40 Å². The molecule has 0 aromatic heterocycles. The van der Waals surface area contributed by atoms with Gasteiger partial charge in [-0.1, -0.05) is 22.1 Å². The maximum atomic E-state index is 11.5. The molecule has 1 aromatic carbocycles. The van der Waals surface area contributed by atoms with E-state index in [1.165, 1.54) is 12.1 Å². The second kappa shape index (κ2) is 4.17. The van der Waals surface area contributed by atoms with Crippen LogP contribution in [0.1, 0.15) is 5.56 Å². The fraction of sp³-hybridized carbons (Fsp3) is 0.125. The molecule has 0 spiro atoms. The van der Waals surface area contributed by atoms with E-state index in [4.69, 9.17) is 0 Å². The van der Waals surface area contributed by atoms with E-state index < -0.39 is 22.8 Å². The van der Waals surface area contributed by atoms with Crippen molar-refractivity contribution < 1.29 is 21.6 Å². The molecule has 0 radical (unpaired) electrons. The van der Waals surface area contributed by atoms with Gasteiger partial charge in [-0.3, -0.25) is 0 Å². The van der Waals surface area contributed by atoms with E-state index in [9.17, 15) is 21.6 Å². The number of hydrogen-bond donors (Lipinski definition) is 0. The summed E-state index contributed by atoms with van der Waals surface area (Å²) in [5, 5.41) is 0. The lowest BCUT2D eigenvalue weighted by Gasteiger charge is -2.00. The highest BCUT2D eigenvalue weighted by Crippen LogP contribution is 2.18. The number of isocyanates is 1. The van der Waals surface area contributed by atoms with E-state index in [-0.39, 0.29) is 0 Å². The molecule has 1 rings (SSSR count). The topological polar surface area (TPSA) is 97.7 Å². The molecule has 0 amide bonds. The van der Waals surface area contributed by atoms with Gasteiger partial charge >= 0.3 is 17.9 Å². The van der Waals surface area contributed by atoms with Gasteiger partial charge < -0.3 is 0 Å². The lowest BCUT2D eigenvalue weighted by molar-refractivity contribution is 0.563. The van der Waals surface area contributed by atoms with Crippen molar-refractivity contribution in [2.75, 3.05) is 0 Å². The fourth-order valence-electron chi connectivity index (χ4n) is 0.921. The zero-order valence-electron chi connectivity index (χ0n) is 8.11. The van der Waals surface area contributed by atoms with Gasteiger partial charge in [0.25, 0.3) is 6.08 Å². The Morgan fingerprint density at radius 1 is 1.06 bits per heavy atom. The lowest BCUT2D eigenvalue weighted by atomic mass is 10.2. The first-order valence-corrected chi connectivity index (χ1v) is 7.41. The van der Waals surface area contributed by atoms with Crippen molar-refractivity contribution >= 4 is 24.0 Å². The van der Waals surface area contributed by atoms with E-state index in [0.29, 0.717) is 6.08 Å². The molecule has 0 saturated carbocycles. The van der Waals surface area contributed by atoms with Crippen LogP contribution < -0.4 is 0 Å². The van der Waals surface area contributed by atoms with Gasteiger partial charge in [0.1, 0.15) is 0 Å². The summed E-state index contributed by atoms with van der Waals surface area (Å²) < 4.78 is 47.5. The normalized spacial score (nSPS) is 11.8. The van der Waals surface area contributed by atoms with Crippen LogP contribution in [0.15, 0.2) is 33.6 Å². The highest BCUT2D eigenvalue weighted by molar-refractivity contribution is 8.66. The van der Waals surface area contributed by atoms with Crippen molar-refractivity contribution in [1.82, 2.24) is 0 Å². The summed E-state index contributed by atoms with van der Waals surface area (Å²) in [6, 6.07) is 5.13. The van der Waals surface area contributed by atoms with Crippen LogP contribution >= 0.6 is 0 Å². The summed E-state index contributed by atoms with van der Waals surface area (Å²) in [5.74, 6) is 0. The Hall–Kier alpha value is -1.50. The molecule has 0 N–H and O–H groups in total. The Morgan fingerprint density at radius 3 is 2.00 bits per heavy atom. The molecule has 0 saturated heterocycles. The first-order chi connectivity index (χ1) is 7.31. The minimum Gasteiger partial charge on any atom is -0.210 e. The molecule has 6 nitrogen and oxygen atoms in total. The highest BCUT2D eigenvalue weighted by atomic mass is 33.2. The maximum absolute atomic E-state index is 11.5. The Kier molecular flexibility index (Phi) is 3.27. The van der Waals surface area contributed by atoms with Gasteiger partial charge in [0, 0.05) is 0 Å². The molecular weight excluding hydrogens is 254 g/mol. The molecule has 86 valence electrons. The highest BCUT2D eigenvalue weighted by Gasteiger charge is 2.31. The van der Waals surface area contributed by atoms with E-state index in [1.54, 1.807) is 6.92 Å². The van der Waals surface area contributed by atoms with Crippen molar-refractivity contribution in [3.8, 4) is 0 Å². The van der Waals surface area contributed by atoms with Gasteiger partial charge in [-0.25, -0.2) is 13.2 Å². The van der Waals surface area contributed by atoms with Gasteiger partial charge in [-0.05, 0) is 19.1 Å². The van der Waals surface area contributed by atoms with Gasteiger partial charge in [-0.15, -0.1) is 0 Å². The average molecular weight is 261 g/mol. The number of carbonyl (C=O) groups excluding carboxylic acids is 1. The summed E-state index contributed by atoms with van der Waals surface area (Å²) >= 11 is 0. The SMILES string of the molecule is Cc1ccc(S(=O)(=O)S(=O)(=O)N=C=O)cc1. The minimum absolute atomic E-state index is 0.433. The Bertz CT molecular complexity index is 636. The van der Waals surface area contributed by atoms with Crippen molar-refractivity contribution in [3.63, 3.8) is 0 Å². The first-order valence-electron chi connectivity index (χ1n) is 3.97. The van der Waals surface area contributed by atoms with Gasteiger partial charge in [0.05, 0.1) is 4.90 Å². The smallest absolute Gasteiger partial charge is 0.210 e. The maximum Gasteiger partial charge on any atom is 0.374 e. The molecule has 16 heavy (non-hydrogen) atoms. The molecule has 0 aliphatic heterocycles. The molecule has 1 aromatic rings. The molecule has 0 heterocycles. The van der Waals surface area contributed by atoms with E-state index in [0.717, 1.165) is 17.7 Å². The van der Waals surface area contributed by atoms with Crippen LogP contribution in [0, 0.1) is 6.92 Å². The molecule has 0 bridgehead atoms. The van der Waals surface area contributed by atoms with Gasteiger partial charge in [-0.2, -0.15) is 8.42 Å². The molecule has 0 aliphatic carbocycles. The second-order valence-electron chi connectivity index (χ2n) is 2.88. The van der Waals surface area contributed by atoms with Crippen molar-refractivity contribution in [1.29, 1.82) is 0 Å². The van der Waals surface area contributed by atoms with Crippen LogP contribution in [-0.4, -0.2) is 22.9 Å².